The van der Waals surface area contributed by atoms with Crippen molar-refractivity contribution in [2.24, 2.45) is 0 Å². The van der Waals surface area contributed by atoms with Gasteiger partial charge in [0, 0.05) is 16.3 Å². The fraction of sp³-hybridized carbons (Fsp3) is 0.0588. The van der Waals surface area contributed by atoms with Crippen LogP contribution in [0, 0.1) is 0 Å². The van der Waals surface area contributed by atoms with Crippen LogP contribution in [0.25, 0.3) is 22.2 Å². The summed E-state index contributed by atoms with van der Waals surface area (Å²) in [5.41, 5.74) is 1.80. The molecule has 0 spiro atoms. The highest BCUT2D eigenvalue weighted by molar-refractivity contribution is 7.20. The number of rotatable bonds is 4. The van der Waals surface area contributed by atoms with E-state index in [4.69, 9.17) is 23.2 Å². The van der Waals surface area contributed by atoms with Gasteiger partial charge in [0.15, 0.2) is 5.13 Å². The highest BCUT2D eigenvalue weighted by atomic mass is 35.5. The zero-order valence-electron chi connectivity index (χ0n) is 13.5. The first-order valence-corrected chi connectivity index (χ1v) is 10.1. The molecular formula is C17H10Cl2N4O2S2. The number of nitrogens with one attached hydrogen (secondary N) is 1. The first kappa shape index (κ1) is 18.1. The Morgan fingerprint density at radius 1 is 1.26 bits per heavy atom. The molecule has 4 rings (SSSR count). The molecule has 27 heavy (non-hydrogen) atoms. The maximum atomic E-state index is 12.4. The Kier molecular flexibility index (Phi) is 4.96. The van der Waals surface area contributed by atoms with Crippen LogP contribution in [0.2, 0.25) is 8.67 Å². The van der Waals surface area contributed by atoms with Crippen molar-refractivity contribution >= 4 is 67.8 Å². The average molecular weight is 437 g/mol. The highest BCUT2D eigenvalue weighted by Gasteiger charge is 2.14. The van der Waals surface area contributed by atoms with Crippen LogP contribution in [0.5, 0.6) is 0 Å². The van der Waals surface area contributed by atoms with E-state index < -0.39 is 0 Å². The van der Waals surface area contributed by atoms with Crippen LogP contribution in [0.15, 0.2) is 46.7 Å². The van der Waals surface area contributed by atoms with Crippen LogP contribution in [-0.4, -0.2) is 20.7 Å². The molecule has 6 nitrogen and oxygen atoms in total. The number of hydrogen-bond acceptors (Lipinski definition) is 6. The van der Waals surface area contributed by atoms with Gasteiger partial charge in [0.2, 0.25) is 11.3 Å². The van der Waals surface area contributed by atoms with Crippen molar-refractivity contribution in [3.63, 3.8) is 0 Å². The normalized spacial score (nSPS) is 11.0. The third-order valence-corrected chi connectivity index (χ3v) is 5.98. The van der Waals surface area contributed by atoms with Crippen molar-refractivity contribution in [3.05, 3.63) is 60.8 Å². The number of amides is 1. The molecule has 1 aromatic carbocycles. The predicted molar refractivity (Wildman–Crippen MR) is 110 cm³/mol. The van der Waals surface area contributed by atoms with E-state index in [1.54, 1.807) is 35.7 Å². The minimum atomic E-state index is -0.299. The second-order valence-corrected chi connectivity index (χ2v) is 8.65. The minimum absolute atomic E-state index is 0.0409. The fourth-order valence-corrected chi connectivity index (χ4v) is 4.76. The maximum Gasteiger partial charge on any atom is 0.247 e. The van der Waals surface area contributed by atoms with Gasteiger partial charge in [-0.3, -0.25) is 14.3 Å². The first-order chi connectivity index (χ1) is 13.0. The molecule has 1 N–H and O–H groups in total. The van der Waals surface area contributed by atoms with Crippen molar-refractivity contribution in [2.45, 2.75) is 6.54 Å². The quantitative estimate of drug-likeness (QED) is 0.509. The zero-order chi connectivity index (χ0) is 19.0. The van der Waals surface area contributed by atoms with Crippen molar-refractivity contribution < 1.29 is 4.79 Å². The summed E-state index contributed by atoms with van der Waals surface area (Å²) in [5, 5.41) is 9.55. The number of nitrogens with zero attached hydrogens (tertiary/aromatic N) is 3. The van der Waals surface area contributed by atoms with Crippen molar-refractivity contribution in [1.82, 2.24) is 14.8 Å². The van der Waals surface area contributed by atoms with E-state index in [1.807, 2.05) is 0 Å². The Labute approximate surface area is 171 Å². The summed E-state index contributed by atoms with van der Waals surface area (Å²) >= 11 is 14.7. The van der Waals surface area contributed by atoms with Crippen LogP contribution in [0.3, 0.4) is 0 Å². The summed E-state index contributed by atoms with van der Waals surface area (Å²) in [5.74, 6) is -0.299. The number of halogens is 2. The van der Waals surface area contributed by atoms with Gasteiger partial charge in [-0.2, -0.15) is 5.10 Å². The molecule has 0 aliphatic carbocycles. The van der Waals surface area contributed by atoms with Gasteiger partial charge in [-0.1, -0.05) is 35.3 Å². The summed E-state index contributed by atoms with van der Waals surface area (Å²) < 4.78 is 2.60. The number of aromatic nitrogens is 3. The number of carbonyl (C=O) groups is 1. The second kappa shape index (κ2) is 7.40. The van der Waals surface area contributed by atoms with Crippen molar-refractivity contribution in [1.29, 1.82) is 0 Å². The Bertz CT molecular complexity index is 1220. The number of carbonyl (C=O) groups excluding carboxylic acids is 1. The van der Waals surface area contributed by atoms with E-state index in [0.717, 1.165) is 5.56 Å². The van der Waals surface area contributed by atoms with Gasteiger partial charge in [0.25, 0.3) is 0 Å². The summed E-state index contributed by atoms with van der Waals surface area (Å²) in [6.45, 7) is -0.0409. The topological polar surface area (TPSA) is 76.9 Å². The summed E-state index contributed by atoms with van der Waals surface area (Å²) in [6.07, 6.45) is 1.21. The first-order valence-electron chi connectivity index (χ1n) is 7.67. The summed E-state index contributed by atoms with van der Waals surface area (Å²) in [4.78, 5) is 28.7. The molecule has 0 fully saturated rings. The number of benzene rings is 1. The van der Waals surface area contributed by atoms with Crippen LogP contribution in [-0.2, 0) is 11.3 Å². The lowest BCUT2D eigenvalue weighted by Gasteiger charge is -2.08. The number of thiazole rings is 1. The monoisotopic (exact) mass is 436 g/mol. The summed E-state index contributed by atoms with van der Waals surface area (Å²) in [7, 11) is 0. The number of para-hydroxylation sites is 1. The Morgan fingerprint density at radius 2 is 2.07 bits per heavy atom. The van der Waals surface area contributed by atoms with Gasteiger partial charge < -0.3 is 5.32 Å². The van der Waals surface area contributed by atoms with Crippen molar-refractivity contribution in [3.8, 4) is 11.3 Å². The molecule has 0 atom stereocenters. The smallest absolute Gasteiger partial charge is 0.247 e. The predicted octanol–water partition coefficient (Wildman–Crippen LogP) is 4.53. The highest BCUT2D eigenvalue weighted by Crippen LogP contribution is 2.38. The number of anilines is 1. The Hall–Kier alpha value is -2.26. The van der Waals surface area contributed by atoms with Gasteiger partial charge in [-0.25, -0.2) is 4.98 Å². The van der Waals surface area contributed by atoms with E-state index in [2.05, 4.69) is 15.4 Å². The molecule has 0 bridgehead atoms. The lowest BCUT2D eigenvalue weighted by Crippen LogP contribution is -2.22. The number of thiophene rings is 1. The van der Waals surface area contributed by atoms with E-state index in [1.165, 1.54) is 33.6 Å². The molecule has 0 unspecified atom stereocenters. The van der Waals surface area contributed by atoms with E-state index in [-0.39, 0.29) is 17.9 Å². The second-order valence-electron chi connectivity index (χ2n) is 5.51. The lowest BCUT2D eigenvalue weighted by atomic mass is 10.2. The summed E-state index contributed by atoms with van der Waals surface area (Å²) in [6, 6.07) is 8.76. The largest absolute Gasteiger partial charge is 0.300 e. The third kappa shape index (κ3) is 3.74. The van der Waals surface area contributed by atoms with Crippen LogP contribution in [0.4, 0.5) is 5.13 Å². The minimum Gasteiger partial charge on any atom is -0.300 e. The van der Waals surface area contributed by atoms with Crippen molar-refractivity contribution in [2.75, 3.05) is 5.32 Å². The van der Waals surface area contributed by atoms with Gasteiger partial charge >= 0.3 is 0 Å². The zero-order valence-corrected chi connectivity index (χ0v) is 16.6. The molecular weight excluding hydrogens is 427 g/mol. The van der Waals surface area contributed by atoms with Crippen LogP contribution in [0.1, 0.15) is 0 Å². The Balaban J connectivity index is 1.53. The van der Waals surface area contributed by atoms with E-state index in [9.17, 15) is 9.59 Å². The van der Waals surface area contributed by atoms with E-state index >= 15 is 0 Å². The standard InChI is InChI=1S/C17H10Cl2N4O2S2/c18-14-5-10(16(19)27-14)11-8-26-17(21-11)22-15(25)7-23-12-4-2-1-3-9(12)13(24)6-20-23/h1-6,8H,7H2,(H,21,22,25). The molecule has 3 heterocycles. The number of hydrogen-bond donors (Lipinski definition) is 1. The molecule has 0 aliphatic heterocycles. The van der Waals surface area contributed by atoms with Gasteiger partial charge in [-0.15, -0.1) is 22.7 Å². The molecule has 0 saturated heterocycles. The average Bonchev–Trinajstić information content (AvgIpc) is 3.23. The van der Waals surface area contributed by atoms with Gasteiger partial charge in [0.1, 0.15) is 10.9 Å². The van der Waals surface area contributed by atoms with Gasteiger partial charge in [0.05, 0.1) is 21.7 Å². The van der Waals surface area contributed by atoms with Crippen LogP contribution >= 0.6 is 45.9 Å². The number of fused-ring (bicyclic) bond motifs is 1. The lowest BCUT2D eigenvalue weighted by molar-refractivity contribution is -0.116. The molecule has 10 heteroatoms. The molecule has 0 saturated carbocycles. The molecule has 3 aromatic heterocycles. The molecule has 136 valence electrons. The fourth-order valence-electron chi connectivity index (χ4n) is 2.55. The van der Waals surface area contributed by atoms with Gasteiger partial charge in [-0.05, 0) is 18.2 Å². The van der Waals surface area contributed by atoms with E-state index in [0.29, 0.717) is 30.4 Å². The molecule has 1 amide bonds. The molecule has 0 aliphatic rings. The molecule has 0 radical (unpaired) electrons. The van der Waals surface area contributed by atoms with Crippen LogP contribution < -0.4 is 10.7 Å². The third-order valence-electron chi connectivity index (χ3n) is 3.74. The maximum absolute atomic E-state index is 12.4. The Morgan fingerprint density at radius 3 is 2.85 bits per heavy atom. The molecule has 4 aromatic rings. The SMILES string of the molecule is O=C(Cn1ncc(=O)c2ccccc21)Nc1nc(-c2cc(Cl)sc2Cl)cs1.